The number of thiophene rings is 1. The molecule has 0 aliphatic carbocycles. The zero-order chi connectivity index (χ0) is 14.6. The van der Waals surface area contributed by atoms with Gasteiger partial charge in [-0.15, -0.1) is 11.3 Å². The fraction of sp³-hybridized carbons (Fsp3) is 0.333. The molecule has 1 unspecified atom stereocenters. The van der Waals surface area contributed by atoms with Crippen LogP contribution in [-0.2, 0) is 16.3 Å². The SMILES string of the molecule is CNC(CCc1cccs1)c1ccc(S(C)(=O)=O)cc1. The summed E-state index contributed by atoms with van der Waals surface area (Å²) in [5.41, 5.74) is 1.12. The first-order chi connectivity index (χ1) is 9.50. The van der Waals surface area contributed by atoms with Crippen LogP contribution in [0.25, 0.3) is 0 Å². The van der Waals surface area contributed by atoms with E-state index in [4.69, 9.17) is 0 Å². The Morgan fingerprint density at radius 2 is 1.90 bits per heavy atom. The van der Waals surface area contributed by atoms with E-state index >= 15 is 0 Å². The van der Waals surface area contributed by atoms with Crippen molar-refractivity contribution in [3.63, 3.8) is 0 Å². The van der Waals surface area contributed by atoms with Crippen LogP contribution in [0.3, 0.4) is 0 Å². The minimum Gasteiger partial charge on any atom is -0.313 e. The minimum absolute atomic E-state index is 0.241. The monoisotopic (exact) mass is 309 g/mol. The summed E-state index contributed by atoms with van der Waals surface area (Å²) in [5, 5.41) is 5.38. The van der Waals surface area contributed by atoms with E-state index in [1.54, 1.807) is 23.5 Å². The summed E-state index contributed by atoms with van der Waals surface area (Å²) >= 11 is 1.77. The molecule has 0 saturated heterocycles. The van der Waals surface area contributed by atoms with Crippen LogP contribution in [0.1, 0.15) is 22.9 Å². The van der Waals surface area contributed by atoms with Gasteiger partial charge in [-0.3, -0.25) is 0 Å². The van der Waals surface area contributed by atoms with Crippen molar-refractivity contribution >= 4 is 21.2 Å². The number of hydrogen-bond donors (Lipinski definition) is 1. The molecule has 0 radical (unpaired) electrons. The maximum absolute atomic E-state index is 11.5. The molecule has 0 spiro atoms. The lowest BCUT2D eigenvalue weighted by Gasteiger charge is -2.16. The molecule has 0 aliphatic rings. The standard InChI is InChI=1S/C15H19NO2S2/c1-16-15(10-7-13-4-3-11-19-13)12-5-8-14(9-6-12)20(2,17)18/h3-6,8-9,11,15-16H,7,10H2,1-2H3. The number of hydrogen-bond acceptors (Lipinski definition) is 4. The summed E-state index contributed by atoms with van der Waals surface area (Å²) in [5.74, 6) is 0. The third-order valence-corrected chi connectivity index (χ3v) is 5.38. The molecule has 0 amide bonds. The predicted octanol–water partition coefficient (Wildman–Crippen LogP) is 3.04. The Hall–Kier alpha value is -1.17. The molecule has 108 valence electrons. The van der Waals surface area contributed by atoms with Crippen LogP contribution in [0.15, 0.2) is 46.7 Å². The van der Waals surface area contributed by atoms with Crippen LogP contribution >= 0.6 is 11.3 Å². The van der Waals surface area contributed by atoms with Crippen molar-refractivity contribution in [1.29, 1.82) is 0 Å². The largest absolute Gasteiger partial charge is 0.313 e. The van der Waals surface area contributed by atoms with Crippen molar-refractivity contribution in [1.82, 2.24) is 5.32 Å². The molecule has 3 nitrogen and oxygen atoms in total. The lowest BCUT2D eigenvalue weighted by Crippen LogP contribution is -2.17. The highest BCUT2D eigenvalue weighted by molar-refractivity contribution is 7.90. The molecule has 5 heteroatoms. The molecule has 1 N–H and O–H groups in total. The number of benzene rings is 1. The molecular weight excluding hydrogens is 290 g/mol. The van der Waals surface area contributed by atoms with E-state index < -0.39 is 9.84 Å². The minimum atomic E-state index is -3.12. The van der Waals surface area contributed by atoms with E-state index in [-0.39, 0.29) is 6.04 Å². The molecule has 1 aromatic carbocycles. The third-order valence-electron chi connectivity index (χ3n) is 3.32. The maximum atomic E-state index is 11.5. The van der Waals surface area contributed by atoms with Crippen LogP contribution in [0.4, 0.5) is 0 Å². The maximum Gasteiger partial charge on any atom is 0.175 e. The molecule has 0 fully saturated rings. The summed E-state index contributed by atoms with van der Waals surface area (Å²) in [6, 6.07) is 11.6. The molecule has 1 heterocycles. The molecule has 1 atom stereocenters. The van der Waals surface area contributed by atoms with Crippen LogP contribution in [0.5, 0.6) is 0 Å². The van der Waals surface area contributed by atoms with Gasteiger partial charge in [0.15, 0.2) is 9.84 Å². The fourth-order valence-electron chi connectivity index (χ4n) is 2.17. The van der Waals surface area contributed by atoms with Gasteiger partial charge in [-0.1, -0.05) is 18.2 Å². The van der Waals surface area contributed by atoms with Gasteiger partial charge in [0.25, 0.3) is 0 Å². The summed E-state index contributed by atoms with van der Waals surface area (Å²) in [7, 11) is -1.18. The Bertz CT molecular complexity index is 631. The highest BCUT2D eigenvalue weighted by Gasteiger charge is 2.12. The molecule has 1 aromatic heterocycles. The second kappa shape index (κ2) is 6.52. The van der Waals surface area contributed by atoms with E-state index in [1.807, 2.05) is 19.2 Å². The van der Waals surface area contributed by atoms with Gasteiger partial charge >= 0.3 is 0 Å². The van der Waals surface area contributed by atoms with E-state index in [1.165, 1.54) is 11.1 Å². The predicted molar refractivity (Wildman–Crippen MR) is 84.0 cm³/mol. The Labute approximate surface area is 124 Å². The van der Waals surface area contributed by atoms with Crippen molar-refractivity contribution in [2.75, 3.05) is 13.3 Å². The number of rotatable bonds is 6. The topological polar surface area (TPSA) is 46.2 Å². The van der Waals surface area contributed by atoms with Gasteiger partial charge in [0.05, 0.1) is 4.90 Å². The first-order valence-corrected chi connectivity index (χ1v) is 9.27. The van der Waals surface area contributed by atoms with Crippen LogP contribution < -0.4 is 5.32 Å². The second-order valence-corrected chi connectivity index (χ2v) is 7.85. The van der Waals surface area contributed by atoms with Crippen molar-refractivity contribution in [3.05, 3.63) is 52.2 Å². The fourth-order valence-corrected chi connectivity index (χ4v) is 3.52. The summed E-state index contributed by atoms with van der Waals surface area (Å²) in [6.45, 7) is 0. The van der Waals surface area contributed by atoms with Crippen LogP contribution in [0, 0.1) is 0 Å². The van der Waals surface area contributed by atoms with Crippen LogP contribution in [0.2, 0.25) is 0 Å². The summed E-state index contributed by atoms with van der Waals surface area (Å²) < 4.78 is 22.9. The Balaban J connectivity index is 2.07. The van der Waals surface area contributed by atoms with E-state index in [9.17, 15) is 8.42 Å². The zero-order valence-corrected chi connectivity index (χ0v) is 13.3. The molecule has 2 aromatic rings. The van der Waals surface area contributed by atoms with Crippen molar-refractivity contribution in [2.24, 2.45) is 0 Å². The molecule has 20 heavy (non-hydrogen) atoms. The molecular formula is C15H19NO2S2. The van der Waals surface area contributed by atoms with Gasteiger partial charge in [-0.2, -0.15) is 0 Å². The molecule has 0 aliphatic heterocycles. The number of nitrogens with one attached hydrogen (secondary N) is 1. The Morgan fingerprint density at radius 3 is 2.40 bits per heavy atom. The molecule has 0 saturated carbocycles. The summed E-state index contributed by atoms with van der Waals surface area (Å²) in [4.78, 5) is 1.74. The van der Waals surface area contributed by atoms with Crippen molar-refractivity contribution in [2.45, 2.75) is 23.8 Å². The smallest absolute Gasteiger partial charge is 0.175 e. The van der Waals surface area contributed by atoms with Gasteiger partial charge in [-0.05, 0) is 49.0 Å². The third kappa shape index (κ3) is 3.91. The van der Waals surface area contributed by atoms with Gasteiger partial charge < -0.3 is 5.32 Å². The lowest BCUT2D eigenvalue weighted by atomic mass is 10.0. The first kappa shape index (κ1) is 15.2. The average Bonchev–Trinajstić information content (AvgIpc) is 2.92. The highest BCUT2D eigenvalue weighted by atomic mass is 32.2. The zero-order valence-electron chi connectivity index (χ0n) is 11.7. The van der Waals surface area contributed by atoms with Crippen molar-refractivity contribution < 1.29 is 8.42 Å². The van der Waals surface area contributed by atoms with Gasteiger partial charge in [-0.25, -0.2) is 8.42 Å². The second-order valence-electron chi connectivity index (χ2n) is 4.80. The van der Waals surface area contributed by atoms with Crippen LogP contribution in [-0.4, -0.2) is 21.7 Å². The number of sulfone groups is 1. The number of aryl methyl sites for hydroxylation is 1. The molecule has 0 bridgehead atoms. The summed E-state index contributed by atoms with van der Waals surface area (Å²) in [6.07, 6.45) is 3.25. The van der Waals surface area contributed by atoms with Gasteiger partial charge in [0.2, 0.25) is 0 Å². The van der Waals surface area contributed by atoms with E-state index in [0.717, 1.165) is 18.4 Å². The average molecular weight is 309 g/mol. The normalized spacial score (nSPS) is 13.3. The Morgan fingerprint density at radius 1 is 1.20 bits per heavy atom. The van der Waals surface area contributed by atoms with E-state index in [0.29, 0.717) is 4.90 Å². The first-order valence-electron chi connectivity index (χ1n) is 6.50. The van der Waals surface area contributed by atoms with Gasteiger partial charge in [0.1, 0.15) is 0 Å². The lowest BCUT2D eigenvalue weighted by molar-refractivity contribution is 0.551. The quantitative estimate of drug-likeness (QED) is 0.892. The van der Waals surface area contributed by atoms with E-state index in [2.05, 4.69) is 22.8 Å². The highest BCUT2D eigenvalue weighted by Crippen LogP contribution is 2.22. The van der Waals surface area contributed by atoms with Gasteiger partial charge in [0, 0.05) is 17.2 Å². The molecule has 2 rings (SSSR count). The van der Waals surface area contributed by atoms with Crippen molar-refractivity contribution in [3.8, 4) is 0 Å². The Kier molecular flexibility index (Phi) is 4.96.